The summed E-state index contributed by atoms with van der Waals surface area (Å²) in [6.45, 7) is 2.32. The van der Waals surface area contributed by atoms with Crippen molar-refractivity contribution in [3.05, 3.63) is 16.9 Å². The quantitative estimate of drug-likeness (QED) is 0.783. The fourth-order valence-corrected chi connectivity index (χ4v) is 3.07. The van der Waals surface area contributed by atoms with Crippen molar-refractivity contribution in [2.24, 2.45) is 11.8 Å². The normalized spacial score (nSPS) is 29.5. The Morgan fingerprint density at radius 3 is 2.33 bits per heavy atom. The fourth-order valence-electron chi connectivity index (χ4n) is 2.87. The number of hydrogen-bond donors (Lipinski definition) is 0. The maximum atomic E-state index is 4.36. The van der Waals surface area contributed by atoms with Gasteiger partial charge in [0.15, 0.2) is 0 Å². The van der Waals surface area contributed by atoms with E-state index in [1.54, 1.807) is 0 Å². The molecule has 0 bridgehead atoms. The largest absolute Gasteiger partial charge is 0.340 e. The van der Waals surface area contributed by atoms with E-state index in [1.807, 2.05) is 12.4 Å². The number of halogens is 1. The van der Waals surface area contributed by atoms with Crippen LogP contribution in [-0.4, -0.2) is 23.1 Å². The molecule has 3 nitrogen and oxygen atoms in total. The first-order valence-corrected chi connectivity index (χ1v) is 6.35. The molecule has 1 aromatic rings. The van der Waals surface area contributed by atoms with Gasteiger partial charge in [-0.15, -0.1) is 0 Å². The summed E-state index contributed by atoms with van der Waals surface area (Å²) in [6.07, 6.45) is 7.88. The SMILES string of the molecule is Brc1cnc(N2CC3CCCC3C2)nc1. The third-order valence-electron chi connectivity index (χ3n) is 3.62. The Morgan fingerprint density at radius 1 is 1.13 bits per heavy atom. The first-order valence-electron chi connectivity index (χ1n) is 5.55. The van der Waals surface area contributed by atoms with E-state index in [2.05, 4.69) is 30.8 Å². The first-order chi connectivity index (χ1) is 7.33. The van der Waals surface area contributed by atoms with Gasteiger partial charge in [-0.25, -0.2) is 9.97 Å². The van der Waals surface area contributed by atoms with Gasteiger partial charge in [-0.05, 0) is 40.6 Å². The highest BCUT2D eigenvalue weighted by Gasteiger charge is 2.36. The van der Waals surface area contributed by atoms with E-state index < -0.39 is 0 Å². The Labute approximate surface area is 98.0 Å². The minimum atomic E-state index is 0.896. The number of fused-ring (bicyclic) bond motifs is 1. The molecular formula is C11H14BrN3. The Balaban J connectivity index is 1.76. The molecule has 15 heavy (non-hydrogen) atoms. The van der Waals surface area contributed by atoms with E-state index in [9.17, 15) is 0 Å². The summed E-state index contributed by atoms with van der Waals surface area (Å²) in [5, 5.41) is 0. The molecule has 1 aromatic heterocycles. The number of rotatable bonds is 1. The van der Waals surface area contributed by atoms with Crippen molar-refractivity contribution in [3.63, 3.8) is 0 Å². The van der Waals surface area contributed by atoms with Crippen LogP contribution in [-0.2, 0) is 0 Å². The molecule has 1 aliphatic heterocycles. The van der Waals surface area contributed by atoms with Crippen molar-refractivity contribution >= 4 is 21.9 Å². The summed E-state index contributed by atoms with van der Waals surface area (Å²) >= 11 is 3.36. The van der Waals surface area contributed by atoms with Gasteiger partial charge < -0.3 is 4.90 Å². The molecule has 0 N–H and O–H groups in total. The Hall–Kier alpha value is -0.640. The van der Waals surface area contributed by atoms with Crippen LogP contribution in [0.4, 0.5) is 5.95 Å². The molecule has 2 heterocycles. The summed E-state index contributed by atoms with van der Waals surface area (Å²) in [5.74, 6) is 2.70. The van der Waals surface area contributed by atoms with E-state index in [0.717, 1.165) is 35.3 Å². The predicted octanol–water partition coefficient (Wildman–Crippen LogP) is 2.48. The van der Waals surface area contributed by atoms with Gasteiger partial charge in [-0.1, -0.05) is 6.42 Å². The van der Waals surface area contributed by atoms with Gasteiger partial charge in [0, 0.05) is 25.5 Å². The molecule has 2 fully saturated rings. The van der Waals surface area contributed by atoms with Crippen LogP contribution in [0.5, 0.6) is 0 Å². The minimum absolute atomic E-state index is 0.896. The van der Waals surface area contributed by atoms with Gasteiger partial charge in [-0.2, -0.15) is 0 Å². The monoisotopic (exact) mass is 267 g/mol. The lowest BCUT2D eigenvalue weighted by Gasteiger charge is -2.16. The summed E-state index contributed by atoms with van der Waals surface area (Å²) in [6, 6.07) is 0. The second-order valence-corrected chi connectivity index (χ2v) is 5.47. The van der Waals surface area contributed by atoms with Crippen LogP contribution in [0.15, 0.2) is 16.9 Å². The van der Waals surface area contributed by atoms with Gasteiger partial charge >= 0.3 is 0 Å². The van der Waals surface area contributed by atoms with Crippen LogP contribution < -0.4 is 4.90 Å². The van der Waals surface area contributed by atoms with Crippen molar-refractivity contribution in [2.45, 2.75) is 19.3 Å². The molecular weight excluding hydrogens is 254 g/mol. The zero-order valence-corrected chi connectivity index (χ0v) is 10.2. The Bertz CT molecular complexity index is 339. The first kappa shape index (κ1) is 9.58. The second kappa shape index (κ2) is 3.74. The molecule has 0 spiro atoms. The third kappa shape index (κ3) is 1.75. The maximum Gasteiger partial charge on any atom is 0.225 e. The molecule has 80 valence electrons. The highest BCUT2D eigenvalue weighted by atomic mass is 79.9. The molecule has 4 heteroatoms. The van der Waals surface area contributed by atoms with Crippen molar-refractivity contribution in [1.82, 2.24) is 9.97 Å². The van der Waals surface area contributed by atoms with E-state index in [-0.39, 0.29) is 0 Å². The molecule has 1 saturated heterocycles. The van der Waals surface area contributed by atoms with Crippen LogP contribution in [0, 0.1) is 11.8 Å². The molecule has 1 saturated carbocycles. The maximum absolute atomic E-state index is 4.36. The van der Waals surface area contributed by atoms with Gasteiger partial charge in [0.05, 0.1) is 4.47 Å². The second-order valence-electron chi connectivity index (χ2n) is 4.56. The molecule has 2 unspecified atom stereocenters. The van der Waals surface area contributed by atoms with Crippen molar-refractivity contribution < 1.29 is 0 Å². The lowest BCUT2D eigenvalue weighted by Crippen LogP contribution is -2.22. The minimum Gasteiger partial charge on any atom is -0.340 e. The summed E-state index contributed by atoms with van der Waals surface area (Å²) in [7, 11) is 0. The molecule has 0 radical (unpaired) electrons. The highest BCUT2D eigenvalue weighted by Crippen LogP contribution is 2.38. The molecule has 2 atom stereocenters. The Morgan fingerprint density at radius 2 is 1.73 bits per heavy atom. The van der Waals surface area contributed by atoms with Gasteiger partial charge in [0.1, 0.15) is 0 Å². The molecule has 0 aromatic carbocycles. The van der Waals surface area contributed by atoms with Crippen LogP contribution in [0.3, 0.4) is 0 Å². The summed E-state index contributed by atoms with van der Waals surface area (Å²) in [4.78, 5) is 11.0. The van der Waals surface area contributed by atoms with Crippen LogP contribution in [0.1, 0.15) is 19.3 Å². The van der Waals surface area contributed by atoms with Crippen LogP contribution >= 0.6 is 15.9 Å². The predicted molar refractivity (Wildman–Crippen MR) is 62.8 cm³/mol. The van der Waals surface area contributed by atoms with Crippen molar-refractivity contribution in [2.75, 3.05) is 18.0 Å². The number of anilines is 1. The summed E-state index contributed by atoms with van der Waals surface area (Å²) in [5.41, 5.74) is 0. The van der Waals surface area contributed by atoms with Crippen molar-refractivity contribution in [3.8, 4) is 0 Å². The number of nitrogens with zero attached hydrogens (tertiary/aromatic N) is 3. The zero-order valence-electron chi connectivity index (χ0n) is 8.56. The van der Waals surface area contributed by atoms with Gasteiger partial charge in [0.25, 0.3) is 0 Å². The average molecular weight is 268 g/mol. The van der Waals surface area contributed by atoms with E-state index in [4.69, 9.17) is 0 Å². The number of aromatic nitrogens is 2. The highest BCUT2D eigenvalue weighted by molar-refractivity contribution is 9.10. The van der Waals surface area contributed by atoms with Crippen LogP contribution in [0.25, 0.3) is 0 Å². The van der Waals surface area contributed by atoms with E-state index in [0.29, 0.717) is 0 Å². The average Bonchev–Trinajstić information content (AvgIpc) is 2.78. The molecule has 1 aliphatic carbocycles. The van der Waals surface area contributed by atoms with E-state index in [1.165, 1.54) is 19.3 Å². The van der Waals surface area contributed by atoms with Gasteiger partial charge in [-0.3, -0.25) is 0 Å². The molecule has 0 amide bonds. The molecule has 3 rings (SSSR count). The fraction of sp³-hybridized carbons (Fsp3) is 0.636. The third-order valence-corrected chi connectivity index (χ3v) is 4.03. The van der Waals surface area contributed by atoms with Crippen molar-refractivity contribution in [1.29, 1.82) is 0 Å². The number of hydrogen-bond acceptors (Lipinski definition) is 3. The van der Waals surface area contributed by atoms with Crippen LogP contribution in [0.2, 0.25) is 0 Å². The summed E-state index contributed by atoms with van der Waals surface area (Å²) < 4.78 is 0.950. The Kier molecular flexibility index (Phi) is 2.39. The lowest BCUT2D eigenvalue weighted by atomic mass is 10.0. The smallest absolute Gasteiger partial charge is 0.225 e. The topological polar surface area (TPSA) is 29.0 Å². The lowest BCUT2D eigenvalue weighted by molar-refractivity contribution is 0.494. The molecule has 2 aliphatic rings. The van der Waals surface area contributed by atoms with E-state index >= 15 is 0 Å². The van der Waals surface area contributed by atoms with Gasteiger partial charge in [0.2, 0.25) is 5.95 Å². The zero-order chi connectivity index (χ0) is 10.3. The standard InChI is InChI=1S/C11H14BrN3/c12-10-4-13-11(14-5-10)15-6-8-2-1-3-9(8)7-15/h4-5,8-9H,1-3,6-7H2.